The monoisotopic (exact) mass is 363 g/mol. The Morgan fingerprint density at radius 2 is 1.77 bits per heavy atom. The highest BCUT2D eigenvalue weighted by atomic mass is 16.5. The zero-order chi connectivity index (χ0) is 19.1. The second kappa shape index (κ2) is 8.75. The molecule has 26 heavy (non-hydrogen) atoms. The molecule has 0 fully saturated rings. The van der Waals surface area contributed by atoms with Crippen LogP contribution in [0.4, 0.5) is 5.82 Å². The van der Waals surface area contributed by atoms with Crippen molar-refractivity contribution in [2.24, 2.45) is 0 Å². The summed E-state index contributed by atoms with van der Waals surface area (Å²) in [6, 6.07) is 4.65. The molecule has 1 amide bonds. The molecule has 2 aromatic rings. The third-order valence-electron chi connectivity index (χ3n) is 3.41. The molecular formula is C17H21N3O6. The number of nitrogens with zero attached hydrogens (tertiary/aromatic N) is 2. The van der Waals surface area contributed by atoms with Crippen LogP contribution in [-0.4, -0.2) is 49.6 Å². The van der Waals surface area contributed by atoms with Gasteiger partial charge in [0.2, 0.25) is 5.75 Å². The highest BCUT2D eigenvalue weighted by molar-refractivity contribution is 6.04. The van der Waals surface area contributed by atoms with Crippen LogP contribution in [0.25, 0.3) is 0 Å². The molecule has 0 unspecified atom stereocenters. The van der Waals surface area contributed by atoms with Crippen molar-refractivity contribution in [3.05, 3.63) is 30.0 Å². The van der Waals surface area contributed by atoms with Crippen molar-refractivity contribution in [2.45, 2.75) is 13.5 Å². The SMILES string of the molecule is CCOC(=O)Cn1ccc(NC(=O)c2cc(OC)c(OC)c(OC)c2)n1. The highest BCUT2D eigenvalue weighted by Crippen LogP contribution is 2.38. The van der Waals surface area contributed by atoms with Crippen LogP contribution in [0.5, 0.6) is 17.2 Å². The van der Waals surface area contributed by atoms with E-state index in [1.165, 1.54) is 38.1 Å². The average molecular weight is 363 g/mol. The van der Waals surface area contributed by atoms with Crippen LogP contribution in [0.3, 0.4) is 0 Å². The number of nitrogens with one attached hydrogen (secondary N) is 1. The fourth-order valence-electron chi connectivity index (χ4n) is 2.26. The second-order valence-corrected chi connectivity index (χ2v) is 5.07. The number of esters is 1. The molecule has 0 radical (unpaired) electrons. The van der Waals surface area contributed by atoms with E-state index in [0.717, 1.165) is 0 Å². The molecule has 9 heteroatoms. The predicted molar refractivity (Wildman–Crippen MR) is 92.9 cm³/mol. The zero-order valence-corrected chi connectivity index (χ0v) is 15.1. The molecular weight excluding hydrogens is 342 g/mol. The molecule has 0 saturated carbocycles. The molecule has 2 rings (SSSR count). The van der Waals surface area contributed by atoms with Crippen molar-refractivity contribution in [1.82, 2.24) is 9.78 Å². The number of carbonyl (C=O) groups is 2. The van der Waals surface area contributed by atoms with Crippen molar-refractivity contribution in [1.29, 1.82) is 0 Å². The maximum absolute atomic E-state index is 12.5. The number of anilines is 1. The van der Waals surface area contributed by atoms with Crippen LogP contribution in [0.1, 0.15) is 17.3 Å². The van der Waals surface area contributed by atoms with Gasteiger partial charge < -0.3 is 24.3 Å². The van der Waals surface area contributed by atoms with Crippen molar-refractivity contribution < 1.29 is 28.5 Å². The molecule has 1 N–H and O–H groups in total. The molecule has 0 aliphatic carbocycles. The van der Waals surface area contributed by atoms with Gasteiger partial charge in [0.25, 0.3) is 5.91 Å². The van der Waals surface area contributed by atoms with Crippen LogP contribution < -0.4 is 19.5 Å². The van der Waals surface area contributed by atoms with Gasteiger partial charge in [0, 0.05) is 17.8 Å². The van der Waals surface area contributed by atoms with Gasteiger partial charge in [-0.25, -0.2) is 0 Å². The first-order valence-corrected chi connectivity index (χ1v) is 7.82. The van der Waals surface area contributed by atoms with Gasteiger partial charge in [0.1, 0.15) is 6.54 Å². The number of ether oxygens (including phenoxy) is 4. The van der Waals surface area contributed by atoms with Crippen LogP contribution in [0, 0.1) is 0 Å². The van der Waals surface area contributed by atoms with E-state index in [0.29, 0.717) is 35.2 Å². The molecule has 9 nitrogen and oxygen atoms in total. The molecule has 0 aliphatic heterocycles. The average Bonchev–Trinajstić information content (AvgIpc) is 3.06. The quantitative estimate of drug-likeness (QED) is 0.713. The molecule has 0 bridgehead atoms. The van der Waals surface area contributed by atoms with Crippen LogP contribution >= 0.6 is 0 Å². The van der Waals surface area contributed by atoms with E-state index in [1.54, 1.807) is 19.2 Å². The van der Waals surface area contributed by atoms with Gasteiger partial charge in [-0.15, -0.1) is 0 Å². The summed E-state index contributed by atoms with van der Waals surface area (Å²) in [5.74, 6) is 0.608. The molecule has 0 spiro atoms. The molecule has 0 aliphatic rings. The fourth-order valence-corrected chi connectivity index (χ4v) is 2.26. The number of rotatable bonds is 8. The lowest BCUT2D eigenvalue weighted by Crippen LogP contribution is -2.16. The number of methoxy groups -OCH3 is 3. The van der Waals surface area contributed by atoms with E-state index >= 15 is 0 Å². The number of carbonyl (C=O) groups excluding carboxylic acids is 2. The Hall–Kier alpha value is -3.23. The van der Waals surface area contributed by atoms with Gasteiger partial charge in [0.15, 0.2) is 17.3 Å². The third kappa shape index (κ3) is 4.44. The third-order valence-corrected chi connectivity index (χ3v) is 3.41. The topological polar surface area (TPSA) is 101 Å². The lowest BCUT2D eigenvalue weighted by atomic mass is 10.1. The summed E-state index contributed by atoms with van der Waals surface area (Å²) in [4.78, 5) is 23.9. The van der Waals surface area contributed by atoms with E-state index in [4.69, 9.17) is 18.9 Å². The number of hydrogen-bond donors (Lipinski definition) is 1. The Labute approximate surface area is 150 Å². The van der Waals surface area contributed by atoms with Crippen molar-refractivity contribution >= 4 is 17.7 Å². The summed E-state index contributed by atoms with van der Waals surface area (Å²) >= 11 is 0. The van der Waals surface area contributed by atoms with E-state index in [-0.39, 0.29) is 6.54 Å². The summed E-state index contributed by atoms with van der Waals surface area (Å²) in [6.45, 7) is 1.99. The minimum atomic E-state index is -0.411. The maximum Gasteiger partial charge on any atom is 0.327 e. The summed E-state index contributed by atoms with van der Waals surface area (Å²) in [7, 11) is 4.42. The molecule has 140 valence electrons. The normalized spacial score (nSPS) is 10.2. The Bertz CT molecular complexity index is 762. The number of amides is 1. The summed E-state index contributed by atoms with van der Waals surface area (Å²) < 4.78 is 21.9. The van der Waals surface area contributed by atoms with Gasteiger partial charge in [-0.05, 0) is 19.1 Å². The molecule has 0 saturated heterocycles. The second-order valence-electron chi connectivity index (χ2n) is 5.07. The standard InChI is InChI=1S/C17H21N3O6/c1-5-26-15(21)10-20-7-6-14(19-20)18-17(22)11-8-12(23-2)16(25-4)13(9-11)24-3/h6-9H,5,10H2,1-4H3,(H,18,19,22). The Morgan fingerprint density at radius 1 is 1.12 bits per heavy atom. The Kier molecular flexibility index (Phi) is 6.42. The van der Waals surface area contributed by atoms with Crippen LogP contribution in [-0.2, 0) is 16.1 Å². The number of aromatic nitrogens is 2. The molecule has 1 aromatic carbocycles. The van der Waals surface area contributed by atoms with Gasteiger partial charge in [-0.3, -0.25) is 14.3 Å². The van der Waals surface area contributed by atoms with Crippen LogP contribution in [0.15, 0.2) is 24.4 Å². The lowest BCUT2D eigenvalue weighted by molar-refractivity contribution is -0.144. The minimum absolute atomic E-state index is 0.0338. The lowest BCUT2D eigenvalue weighted by Gasteiger charge is -2.13. The van der Waals surface area contributed by atoms with E-state index < -0.39 is 11.9 Å². The van der Waals surface area contributed by atoms with Crippen molar-refractivity contribution in [3.63, 3.8) is 0 Å². The summed E-state index contributed by atoms with van der Waals surface area (Å²) in [5.41, 5.74) is 0.305. The van der Waals surface area contributed by atoms with Crippen molar-refractivity contribution in [2.75, 3.05) is 33.3 Å². The van der Waals surface area contributed by atoms with E-state index in [1.807, 2.05) is 0 Å². The van der Waals surface area contributed by atoms with E-state index in [9.17, 15) is 9.59 Å². The molecule has 0 atom stereocenters. The van der Waals surface area contributed by atoms with E-state index in [2.05, 4.69) is 10.4 Å². The van der Waals surface area contributed by atoms with Gasteiger partial charge >= 0.3 is 5.97 Å². The number of hydrogen-bond acceptors (Lipinski definition) is 7. The first-order valence-electron chi connectivity index (χ1n) is 7.82. The first-order chi connectivity index (χ1) is 12.5. The Morgan fingerprint density at radius 3 is 2.31 bits per heavy atom. The smallest absolute Gasteiger partial charge is 0.327 e. The molecule has 1 heterocycles. The fraction of sp³-hybridized carbons (Fsp3) is 0.353. The van der Waals surface area contributed by atoms with Gasteiger partial charge in [-0.2, -0.15) is 5.10 Å². The summed E-state index contributed by atoms with van der Waals surface area (Å²) in [6.07, 6.45) is 1.57. The van der Waals surface area contributed by atoms with Crippen LogP contribution in [0.2, 0.25) is 0 Å². The number of benzene rings is 1. The van der Waals surface area contributed by atoms with Gasteiger partial charge in [0.05, 0.1) is 27.9 Å². The summed E-state index contributed by atoms with van der Waals surface area (Å²) in [5, 5.41) is 6.76. The Balaban J connectivity index is 2.15. The predicted octanol–water partition coefficient (Wildman–Crippen LogP) is 1.72. The first kappa shape index (κ1) is 19.1. The van der Waals surface area contributed by atoms with Crippen molar-refractivity contribution in [3.8, 4) is 17.2 Å². The molecule has 1 aromatic heterocycles. The minimum Gasteiger partial charge on any atom is -0.493 e. The largest absolute Gasteiger partial charge is 0.493 e. The maximum atomic E-state index is 12.5. The highest BCUT2D eigenvalue weighted by Gasteiger charge is 2.17. The zero-order valence-electron chi connectivity index (χ0n) is 15.1. The van der Waals surface area contributed by atoms with Gasteiger partial charge in [-0.1, -0.05) is 0 Å².